The average molecular weight is 329 g/mol. The molecule has 0 aliphatic carbocycles. The summed E-state index contributed by atoms with van der Waals surface area (Å²) in [7, 11) is -3.93. The van der Waals surface area contributed by atoms with Crippen LogP contribution in [0.4, 0.5) is 0 Å². The minimum absolute atomic E-state index is 0.0421. The summed E-state index contributed by atoms with van der Waals surface area (Å²) in [5.41, 5.74) is 0. The van der Waals surface area contributed by atoms with E-state index < -0.39 is 22.0 Å². The zero-order valence-corrected chi connectivity index (χ0v) is 13.1. The Morgan fingerprint density at radius 3 is 2.64 bits per heavy atom. The summed E-state index contributed by atoms with van der Waals surface area (Å²) in [4.78, 5) is 11.1. The van der Waals surface area contributed by atoms with Gasteiger partial charge >= 0.3 is 5.97 Å². The monoisotopic (exact) mass is 329 g/mol. The number of benzene rings is 1. The zero-order valence-electron chi connectivity index (χ0n) is 12.2. The van der Waals surface area contributed by atoms with Gasteiger partial charge in [0, 0.05) is 6.07 Å². The van der Waals surface area contributed by atoms with Crippen molar-refractivity contribution < 1.29 is 27.8 Å². The highest BCUT2D eigenvalue weighted by Gasteiger charge is 2.26. The molecule has 0 bridgehead atoms. The van der Waals surface area contributed by atoms with Gasteiger partial charge in [-0.15, -0.1) is 0 Å². The Morgan fingerprint density at radius 1 is 1.32 bits per heavy atom. The number of carbonyl (C=O) groups is 1. The third kappa shape index (κ3) is 3.89. The minimum Gasteiger partial charge on any atom is -0.486 e. The number of nitrogens with one attached hydrogen (secondary N) is 1. The van der Waals surface area contributed by atoms with Gasteiger partial charge in [0.25, 0.3) is 0 Å². The standard InChI is InChI=1S/C14H19NO6S/c1-2-3-4-11(14(16)17)15-22(18,19)10-5-6-12-13(9-10)21-8-7-20-12/h5-6,9,11,15H,2-4,7-8H2,1H3,(H,16,17)/t11-/m1/s1. The van der Waals surface area contributed by atoms with Crippen LogP contribution in [0.5, 0.6) is 11.5 Å². The second kappa shape index (κ2) is 6.97. The number of fused-ring (bicyclic) bond motifs is 1. The molecule has 1 aliphatic heterocycles. The Morgan fingerprint density at radius 2 is 2.00 bits per heavy atom. The summed E-state index contributed by atoms with van der Waals surface area (Å²) in [6.07, 6.45) is 1.66. The van der Waals surface area contributed by atoms with Crippen molar-refractivity contribution in [1.82, 2.24) is 4.72 Å². The quantitative estimate of drug-likeness (QED) is 0.783. The molecule has 0 radical (unpaired) electrons. The van der Waals surface area contributed by atoms with Gasteiger partial charge in [0.1, 0.15) is 19.3 Å². The van der Waals surface area contributed by atoms with E-state index in [2.05, 4.69) is 4.72 Å². The molecule has 2 N–H and O–H groups in total. The average Bonchev–Trinajstić information content (AvgIpc) is 2.50. The lowest BCUT2D eigenvalue weighted by Gasteiger charge is -2.19. The van der Waals surface area contributed by atoms with Crippen molar-refractivity contribution in [3.05, 3.63) is 18.2 Å². The summed E-state index contributed by atoms with van der Waals surface area (Å²) >= 11 is 0. The van der Waals surface area contributed by atoms with E-state index in [0.717, 1.165) is 6.42 Å². The van der Waals surface area contributed by atoms with Gasteiger partial charge in [-0.2, -0.15) is 4.72 Å². The molecule has 0 amide bonds. The van der Waals surface area contributed by atoms with Gasteiger partial charge in [-0.05, 0) is 18.6 Å². The van der Waals surface area contributed by atoms with Crippen molar-refractivity contribution in [2.45, 2.75) is 37.1 Å². The molecule has 0 aromatic heterocycles. The number of unbranched alkanes of at least 4 members (excludes halogenated alkanes) is 1. The molecule has 1 atom stereocenters. The highest BCUT2D eigenvalue weighted by molar-refractivity contribution is 7.89. The summed E-state index contributed by atoms with van der Waals surface area (Å²) in [6.45, 7) is 2.67. The van der Waals surface area contributed by atoms with Crippen molar-refractivity contribution in [3.63, 3.8) is 0 Å². The van der Waals surface area contributed by atoms with Crippen LogP contribution in [0.1, 0.15) is 26.2 Å². The van der Waals surface area contributed by atoms with Crippen LogP contribution >= 0.6 is 0 Å². The first-order valence-electron chi connectivity index (χ1n) is 7.09. The Hall–Kier alpha value is -1.80. The normalized spacial score (nSPS) is 15.3. The van der Waals surface area contributed by atoms with Crippen LogP contribution in [-0.2, 0) is 14.8 Å². The smallest absolute Gasteiger partial charge is 0.321 e. The van der Waals surface area contributed by atoms with Crippen molar-refractivity contribution in [3.8, 4) is 11.5 Å². The third-order valence-electron chi connectivity index (χ3n) is 3.27. The van der Waals surface area contributed by atoms with E-state index in [1.807, 2.05) is 6.92 Å². The van der Waals surface area contributed by atoms with Crippen LogP contribution in [-0.4, -0.2) is 38.7 Å². The van der Waals surface area contributed by atoms with Gasteiger partial charge in [0.15, 0.2) is 11.5 Å². The number of hydrogen-bond donors (Lipinski definition) is 2. The molecule has 1 aromatic carbocycles. The Labute approximate surface area is 129 Å². The second-order valence-electron chi connectivity index (χ2n) is 4.96. The van der Waals surface area contributed by atoms with Gasteiger partial charge in [-0.25, -0.2) is 8.42 Å². The van der Waals surface area contributed by atoms with E-state index in [1.165, 1.54) is 18.2 Å². The van der Waals surface area contributed by atoms with Gasteiger partial charge in [-0.1, -0.05) is 19.8 Å². The molecule has 122 valence electrons. The predicted molar refractivity (Wildman–Crippen MR) is 78.7 cm³/mol. The number of ether oxygens (including phenoxy) is 2. The van der Waals surface area contributed by atoms with Crippen molar-refractivity contribution >= 4 is 16.0 Å². The van der Waals surface area contributed by atoms with Gasteiger partial charge in [-0.3, -0.25) is 4.79 Å². The SMILES string of the molecule is CCCC[C@@H](NS(=O)(=O)c1ccc2c(c1)OCCO2)C(=O)O. The number of carboxylic acid groups (broad SMARTS) is 1. The van der Waals surface area contributed by atoms with Gasteiger partial charge in [0.2, 0.25) is 10.0 Å². The number of carboxylic acids is 1. The van der Waals surface area contributed by atoms with E-state index in [0.29, 0.717) is 31.1 Å². The van der Waals surface area contributed by atoms with E-state index in [4.69, 9.17) is 14.6 Å². The fourth-order valence-corrected chi connectivity index (χ4v) is 3.33. The summed E-state index contributed by atoms with van der Waals surface area (Å²) in [5.74, 6) is -0.366. The van der Waals surface area contributed by atoms with Crippen LogP contribution in [0.15, 0.2) is 23.1 Å². The lowest BCUT2D eigenvalue weighted by molar-refractivity contribution is -0.139. The number of rotatable bonds is 7. The van der Waals surface area contributed by atoms with E-state index in [1.54, 1.807) is 0 Å². The molecule has 0 spiro atoms. The van der Waals surface area contributed by atoms with Gasteiger partial charge < -0.3 is 14.6 Å². The van der Waals surface area contributed by atoms with Crippen molar-refractivity contribution in [1.29, 1.82) is 0 Å². The first-order chi connectivity index (χ1) is 10.4. The van der Waals surface area contributed by atoms with Crippen molar-refractivity contribution in [2.75, 3.05) is 13.2 Å². The molecule has 7 nitrogen and oxygen atoms in total. The Kier molecular flexibility index (Phi) is 5.25. The van der Waals surface area contributed by atoms with Crippen LogP contribution in [0, 0.1) is 0 Å². The van der Waals surface area contributed by atoms with Crippen LogP contribution < -0.4 is 14.2 Å². The largest absolute Gasteiger partial charge is 0.486 e. The van der Waals surface area contributed by atoms with Crippen LogP contribution in [0.25, 0.3) is 0 Å². The molecular formula is C14H19NO6S. The molecule has 8 heteroatoms. The van der Waals surface area contributed by atoms with E-state index in [-0.39, 0.29) is 11.3 Å². The lowest BCUT2D eigenvalue weighted by Crippen LogP contribution is -2.40. The van der Waals surface area contributed by atoms with Gasteiger partial charge in [0.05, 0.1) is 4.90 Å². The molecule has 0 unspecified atom stereocenters. The summed E-state index contributed by atoms with van der Waals surface area (Å²) < 4.78 is 37.5. The molecule has 1 heterocycles. The first kappa shape index (κ1) is 16.6. The van der Waals surface area contributed by atoms with Crippen LogP contribution in [0.3, 0.4) is 0 Å². The van der Waals surface area contributed by atoms with E-state index in [9.17, 15) is 13.2 Å². The minimum atomic E-state index is -3.93. The molecule has 2 rings (SSSR count). The molecule has 0 fully saturated rings. The highest BCUT2D eigenvalue weighted by atomic mass is 32.2. The fraction of sp³-hybridized carbons (Fsp3) is 0.500. The molecular weight excluding hydrogens is 310 g/mol. The van der Waals surface area contributed by atoms with Crippen LogP contribution in [0.2, 0.25) is 0 Å². The number of sulfonamides is 1. The maximum absolute atomic E-state index is 12.3. The first-order valence-corrected chi connectivity index (χ1v) is 8.57. The molecule has 0 saturated carbocycles. The molecule has 22 heavy (non-hydrogen) atoms. The summed E-state index contributed by atoms with van der Waals surface area (Å²) in [6, 6.07) is 3.08. The Balaban J connectivity index is 2.20. The highest BCUT2D eigenvalue weighted by Crippen LogP contribution is 2.32. The topological polar surface area (TPSA) is 102 Å². The lowest BCUT2D eigenvalue weighted by atomic mass is 10.1. The number of hydrogen-bond acceptors (Lipinski definition) is 5. The zero-order chi connectivity index (χ0) is 16.2. The van der Waals surface area contributed by atoms with Crippen molar-refractivity contribution in [2.24, 2.45) is 0 Å². The fourth-order valence-electron chi connectivity index (χ4n) is 2.09. The maximum Gasteiger partial charge on any atom is 0.321 e. The summed E-state index contributed by atoms with van der Waals surface area (Å²) in [5, 5.41) is 9.13. The maximum atomic E-state index is 12.3. The van der Waals surface area contributed by atoms with E-state index >= 15 is 0 Å². The second-order valence-corrected chi connectivity index (χ2v) is 6.67. The molecule has 1 aliphatic rings. The third-order valence-corrected chi connectivity index (χ3v) is 4.74. The predicted octanol–water partition coefficient (Wildman–Crippen LogP) is 1.38. The number of aliphatic carboxylic acids is 1. The Bertz CT molecular complexity index is 643. The molecule has 0 saturated heterocycles. The molecule has 1 aromatic rings.